The Morgan fingerprint density at radius 2 is 2.13 bits per heavy atom. The molecular formula is C24H29N5O2. The van der Waals surface area contributed by atoms with Crippen molar-refractivity contribution in [2.45, 2.75) is 33.2 Å². The Morgan fingerprint density at radius 3 is 2.90 bits per heavy atom. The fraction of sp³-hybridized carbons (Fsp3) is 0.417. The molecule has 1 fully saturated rings. The van der Waals surface area contributed by atoms with Crippen molar-refractivity contribution in [2.24, 2.45) is 5.92 Å². The van der Waals surface area contributed by atoms with Gasteiger partial charge in [-0.05, 0) is 57.0 Å². The van der Waals surface area contributed by atoms with Gasteiger partial charge >= 0.3 is 0 Å². The molecule has 1 atom stereocenters. The van der Waals surface area contributed by atoms with E-state index in [9.17, 15) is 4.79 Å². The number of rotatable bonds is 6. The Bertz CT molecular complexity index is 1060. The number of anilines is 1. The van der Waals surface area contributed by atoms with Crippen LogP contribution in [0.15, 0.2) is 42.6 Å². The fourth-order valence-electron chi connectivity index (χ4n) is 4.13. The summed E-state index contributed by atoms with van der Waals surface area (Å²) >= 11 is 0. The molecule has 1 aliphatic heterocycles. The Kier molecular flexibility index (Phi) is 6.30. The molecule has 0 N–H and O–H groups in total. The summed E-state index contributed by atoms with van der Waals surface area (Å²) in [6, 6.07) is 11.7. The van der Waals surface area contributed by atoms with Crippen LogP contribution in [0.5, 0.6) is 5.75 Å². The van der Waals surface area contributed by atoms with Crippen LogP contribution in [0.25, 0.3) is 10.9 Å². The lowest BCUT2D eigenvalue weighted by Gasteiger charge is -2.34. The maximum Gasteiger partial charge on any atom is 0.227 e. The first-order chi connectivity index (χ1) is 15.0. The van der Waals surface area contributed by atoms with Gasteiger partial charge in [0.25, 0.3) is 0 Å². The van der Waals surface area contributed by atoms with Crippen molar-refractivity contribution < 1.29 is 9.53 Å². The van der Waals surface area contributed by atoms with Crippen molar-refractivity contribution in [3.8, 4) is 5.75 Å². The number of pyridine rings is 1. The Morgan fingerprint density at radius 1 is 1.26 bits per heavy atom. The van der Waals surface area contributed by atoms with Gasteiger partial charge in [0.15, 0.2) is 0 Å². The molecule has 2 aromatic heterocycles. The third-order valence-electron chi connectivity index (χ3n) is 5.71. The van der Waals surface area contributed by atoms with Crippen molar-refractivity contribution in [3.63, 3.8) is 0 Å². The molecule has 0 bridgehead atoms. The zero-order chi connectivity index (χ0) is 21.8. The Labute approximate surface area is 183 Å². The Balaban J connectivity index is 1.49. The number of benzene rings is 1. The number of hydrogen-bond donors (Lipinski definition) is 0. The highest BCUT2D eigenvalue weighted by Crippen LogP contribution is 2.27. The van der Waals surface area contributed by atoms with E-state index >= 15 is 0 Å². The molecule has 1 aliphatic rings. The van der Waals surface area contributed by atoms with Crippen LogP contribution in [0.2, 0.25) is 0 Å². The topological polar surface area (TPSA) is 71.5 Å². The molecule has 4 rings (SSSR count). The number of carbonyl (C=O) groups is 1. The zero-order valence-electron chi connectivity index (χ0n) is 18.4. The van der Waals surface area contributed by atoms with Gasteiger partial charge in [-0.1, -0.05) is 6.07 Å². The van der Waals surface area contributed by atoms with Gasteiger partial charge in [0.2, 0.25) is 11.9 Å². The molecule has 3 heterocycles. The predicted molar refractivity (Wildman–Crippen MR) is 121 cm³/mol. The first-order valence-electron chi connectivity index (χ1n) is 10.9. The van der Waals surface area contributed by atoms with E-state index in [1.54, 1.807) is 11.1 Å². The van der Waals surface area contributed by atoms with Gasteiger partial charge in [0, 0.05) is 31.7 Å². The van der Waals surface area contributed by atoms with E-state index < -0.39 is 0 Å². The zero-order valence-corrected chi connectivity index (χ0v) is 18.4. The predicted octanol–water partition coefficient (Wildman–Crippen LogP) is 3.61. The van der Waals surface area contributed by atoms with Crippen molar-refractivity contribution in [3.05, 3.63) is 54.0 Å². The highest BCUT2D eigenvalue weighted by Gasteiger charge is 2.29. The van der Waals surface area contributed by atoms with Gasteiger partial charge in [0.1, 0.15) is 5.75 Å². The first-order valence-corrected chi connectivity index (χ1v) is 10.9. The van der Waals surface area contributed by atoms with E-state index in [4.69, 9.17) is 14.7 Å². The molecule has 0 unspecified atom stereocenters. The third kappa shape index (κ3) is 4.76. The van der Waals surface area contributed by atoms with Crippen LogP contribution >= 0.6 is 0 Å². The number of piperidine rings is 1. The highest BCUT2D eigenvalue weighted by molar-refractivity contribution is 5.83. The molecule has 1 saturated heterocycles. The van der Waals surface area contributed by atoms with E-state index in [1.165, 1.54) is 0 Å². The number of fused-ring (bicyclic) bond motifs is 1. The summed E-state index contributed by atoms with van der Waals surface area (Å²) in [6.07, 6.45) is 3.58. The number of hydrogen-bond acceptors (Lipinski definition) is 6. The molecule has 3 aromatic rings. The van der Waals surface area contributed by atoms with E-state index in [-0.39, 0.29) is 11.8 Å². The number of carbonyl (C=O) groups excluding carboxylic acids is 1. The molecule has 0 radical (unpaired) electrons. The molecule has 0 spiro atoms. The standard InChI is InChI=1S/C24H29N5O2/c1-4-31-20-10-11-22-21(14-20)17(2)26-24(27-22)29-13-7-8-18(15-29)23(30)28(3)16-19-9-5-6-12-25-19/h5-6,9-12,14,18H,4,7-8,13,15-16H2,1-3H3/t18-/m0/s1. The summed E-state index contributed by atoms with van der Waals surface area (Å²) in [5.74, 6) is 1.60. The van der Waals surface area contributed by atoms with E-state index in [1.807, 2.05) is 57.3 Å². The van der Waals surface area contributed by atoms with Crippen molar-refractivity contribution in [1.29, 1.82) is 0 Å². The van der Waals surface area contributed by atoms with Crippen LogP contribution in [0.4, 0.5) is 5.95 Å². The summed E-state index contributed by atoms with van der Waals surface area (Å²) < 4.78 is 5.61. The highest BCUT2D eigenvalue weighted by atomic mass is 16.5. The minimum atomic E-state index is -0.0672. The van der Waals surface area contributed by atoms with Gasteiger partial charge in [-0.15, -0.1) is 0 Å². The fourth-order valence-corrected chi connectivity index (χ4v) is 4.13. The minimum Gasteiger partial charge on any atom is -0.494 e. The van der Waals surface area contributed by atoms with Crippen LogP contribution in [0, 0.1) is 12.8 Å². The van der Waals surface area contributed by atoms with Crippen LogP contribution in [0.3, 0.4) is 0 Å². The average Bonchev–Trinajstić information content (AvgIpc) is 2.80. The maximum atomic E-state index is 13.1. The second-order valence-electron chi connectivity index (χ2n) is 8.02. The SMILES string of the molecule is CCOc1ccc2nc(N3CCC[C@H](C(=O)N(C)Cc4ccccn4)C3)nc(C)c2c1. The first kappa shape index (κ1) is 21.0. The molecule has 7 nitrogen and oxygen atoms in total. The molecule has 7 heteroatoms. The van der Waals surface area contributed by atoms with Crippen molar-refractivity contribution in [2.75, 3.05) is 31.6 Å². The van der Waals surface area contributed by atoms with Gasteiger partial charge in [-0.3, -0.25) is 9.78 Å². The van der Waals surface area contributed by atoms with E-state index in [0.717, 1.165) is 47.4 Å². The molecule has 1 amide bonds. The van der Waals surface area contributed by atoms with Gasteiger partial charge in [-0.2, -0.15) is 0 Å². The molecule has 31 heavy (non-hydrogen) atoms. The molecular weight excluding hydrogens is 390 g/mol. The van der Waals surface area contributed by atoms with Crippen LogP contribution < -0.4 is 9.64 Å². The molecule has 0 saturated carbocycles. The summed E-state index contributed by atoms with van der Waals surface area (Å²) in [6.45, 7) is 6.60. The van der Waals surface area contributed by atoms with Crippen LogP contribution in [0.1, 0.15) is 31.2 Å². The van der Waals surface area contributed by atoms with Crippen LogP contribution in [-0.4, -0.2) is 52.5 Å². The number of aromatic nitrogens is 3. The lowest BCUT2D eigenvalue weighted by atomic mass is 9.96. The summed E-state index contributed by atoms with van der Waals surface area (Å²) in [7, 11) is 1.85. The second-order valence-corrected chi connectivity index (χ2v) is 8.02. The Hall–Kier alpha value is -3.22. The lowest BCUT2D eigenvalue weighted by Crippen LogP contribution is -2.44. The largest absolute Gasteiger partial charge is 0.494 e. The van der Waals surface area contributed by atoms with E-state index in [0.29, 0.717) is 25.6 Å². The number of nitrogens with zero attached hydrogens (tertiary/aromatic N) is 5. The number of amides is 1. The average molecular weight is 420 g/mol. The summed E-state index contributed by atoms with van der Waals surface area (Å²) in [4.78, 5) is 30.9. The molecule has 162 valence electrons. The molecule has 1 aromatic carbocycles. The van der Waals surface area contributed by atoms with Gasteiger partial charge in [0.05, 0.1) is 36.0 Å². The monoisotopic (exact) mass is 419 g/mol. The number of ether oxygens (including phenoxy) is 1. The second kappa shape index (κ2) is 9.29. The normalized spacial score (nSPS) is 16.4. The third-order valence-corrected chi connectivity index (χ3v) is 5.71. The smallest absolute Gasteiger partial charge is 0.227 e. The number of aryl methyl sites for hydroxylation is 1. The van der Waals surface area contributed by atoms with Crippen molar-refractivity contribution in [1.82, 2.24) is 19.9 Å². The molecule has 0 aliphatic carbocycles. The lowest BCUT2D eigenvalue weighted by molar-refractivity contribution is -0.135. The summed E-state index contributed by atoms with van der Waals surface area (Å²) in [5.41, 5.74) is 2.71. The van der Waals surface area contributed by atoms with Crippen molar-refractivity contribution >= 4 is 22.8 Å². The van der Waals surface area contributed by atoms with Gasteiger partial charge in [-0.25, -0.2) is 9.97 Å². The quantitative estimate of drug-likeness (QED) is 0.608. The van der Waals surface area contributed by atoms with E-state index in [2.05, 4.69) is 9.88 Å². The summed E-state index contributed by atoms with van der Waals surface area (Å²) in [5, 5.41) is 0.995. The maximum absolute atomic E-state index is 13.1. The minimum absolute atomic E-state index is 0.0672. The van der Waals surface area contributed by atoms with Crippen LogP contribution in [-0.2, 0) is 11.3 Å². The van der Waals surface area contributed by atoms with Gasteiger partial charge < -0.3 is 14.5 Å².